The first kappa shape index (κ1) is 18.9. The number of nitrogens with zero attached hydrogens (tertiary/aromatic N) is 2. The largest absolute Gasteiger partial charge is 0.371 e. The van der Waals surface area contributed by atoms with Crippen LogP contribution in [-0.4, -0.2) is 49.0 Å². The zero-order chi connectivity index (χ0) is 19.7. The predicted molar refractivity (Wildman–Crippen MR) is 109 cm³/mol. The van der Waals surface area contributed by atoms with Crippen molar-refractivity contribution in [3.63, 3.8) is 0 Å². The molecular formula is C21H22ClN3O3. The summed E-state index contributed by atoms with van der Waals surface area (Å²) in [7, 11) is 0. The van der Waals surface area contributed by atoms with Gasteiger partial charge in [-0.15, -0.1) is 0 Å². The topological polar surface area (TPSA) is 61.9 Å². The van der Waals surface area contributed by atoms with Crippen molar-refractivity contribution in [2.24, 2.45) is 0 Å². The molecule has 0 saturated carbocycles. The Balaban J connectivity index is 1.51. The molecule has 0 radical (unpaired) electrons. The van der Waals surface area contributed by atoms with Gasteiger partial charge in [0.2, 0.25) is 11.8 Å². The van der Waals surface area contributed by atoms with Crippen LogP contribution in [0.1, 0.15) is 18.6 Å². The van der Waals surface area contributed by atoms with Gasteiger partial charge in [0.25, 0.3) is 0 Å². The maximum absolute atomic E-state index is 13.2. The summed E-state index contributed by atoms with van der Waals surface area (Å²) in [6.45, 7) is 3.74. The van der Waals surface area contributed by atoms with Crippen LogP contribution in [-0.2, 0) is 14.3 Å². The maximum atomic E-state index is 13.2. The number of carbonyl (C=O) groups is 2. The van der Waals surface area contributed by atoms with Crippen LogP contribution in [0.4, 0.5) is 11.4 Å². The van der Waals surface area contributed by atoms with Crippen LogP contribution < -0.4 is 10.2 Å². The molecule has 2 atom stereocenters. The second-order valence-corrected chi connectivity index (χ2v) is 7.51. The van der Waals surface area contributed by atoms with Crippen LogP contribution in [0.15, 0.2) is 48.5 Å². The third-order valence-electron chi connectivity index (χ3n) is 5.28. The number of nitrogens with one attached hydrogen (secondary N) is 1. The van der Waals surface area contributed by atoms with Crippen LogP contribution in [0.5, 0.6) is 0 Å². The molecule has 1 N–H and O–H groups in total. The Hall–Kier alpha value is -2.41. The first-order chi connectivity index (χ1) is 13.5. The van der Waals surface area contributed by atoms with Gasteiger partial charge in [-0.3, -0.25) is 19.4 Å². The summed E-state index contributed by atoms with van der Waals surface area (Å²) in [5, 5.41) is 3.50. The number of para-hydroxylation sites is 2. The quantitative estimate of drug-likeness (QED) is 0.861. The highest BCUT2D eigenvalue weighted by molar-refractivity contribution is 6.30. The van der Waals surface area contributed by atoms with E-state index in [1.807, 2.05) is 55.5 Å². The molecule has 4 rings (SSSR count). The lowest BCUT2D eigenvalue weighted by Crippen LogP contribution is -2.54. The van der Waals surface area contributed by atoms with Gasteiger partial charge in [0.05, 0.1) is 30.1 Å². The van der Waals surface area contributed by atoms with Crippen LogP contribution in [0.3, 0.4) is 0 Å². The van der Waals surface area contributed by atoms with E-state index in [0.29, 0.717) is 30.4 Å². The lowest BCUT2D eigenvalue weighted by atomic mass is 10.1. The standard InChI is InChI=1S/C21H22ClN3O3/c1-14(21(27)25-13-20(26)23-17-4-2-3-5-18(17)25)24-10-11-28-19(12-24)15-6-8-16(22)9-7-15/h2-9,14,19H,10-13H2,1H3,(H,23,26)/t14-,19+/m0/s1. The van der Waals surface area contributed by atoms with E-state index in [-0.39, 0.29) is 30.5 Å². The van der Waals surface area contributed by atoms with Gasteiger partial charge in [-0.2, -0.15) is 0 Å². The number of hydrogen-bond acceptors (Lipinski definition) is 4. The Kier molecular flexibility index (Phi) is 5.35. The molecule has 28 heavy (non-hydrogen) atoms. The molecule has 0 aliphatic carbocycles. The van der Waals surface area contributed by atoms with Crippen LogP contribution in [0, 0.1) is 0 Å². The number of carbonyl (C=O) groups excluding carboxylic acids is 2. The van der Waals surface area contributed by atoms with Crippen molar-refractivity contribution in [1.82, 2.24) is 4.90 Å². The highest BCUT2D eigenvalue weighted by Gasteiger charge is 2.34. The number of hydrogen-bond donors (Lipinski definition) is 1. The summed E-state index contributed by atoms with van der Waals surface area (Å²) >= 11 is 5.98. The minimum Gasteiger partial charge on any atom is -0.371 e. The van der Waals surface area contributed by atoms with Gasteiger partial charge in [0.15, 0.2) is 0 Å². The van der Waals surface area contributed by atoms with Crippen molar-refractivity contribution in [2.45, 2.75) is 19.1 Å². The molecule has 0 bridgehead atoms. The SMILES string of the molecule is C[C@@H](C(=O)N1CC(=O)Nc2ccccc21)N1CCO[C@@H](c2ccc(Cl)cc2)C1. The van der Waals surface area contributed by atoms with E-state index in [4.69, 9.17) is 16.3 Å². The van der Waals surface area contributed by atoms with E-state index < -0.39 is 0 Å². The van der Waals surface area contributed by atoms with Gasteiger partial charge >= 0.3 is 0 Å². The molecule has 0 spiro atoms. The van der Waals surface area contributed by atoms with Crippen LogP contribution in [0.2, 0.25) is 5.02 Å². The number of benzene rings is 2. The summed E-state index contributed by atoms with van der Waals surface area (Å²) < 4.78 is 5.91. The Morgan fingerprint density at radius 3 is 2.75 bits per heavy atom. The number of anilines is 2. The number of rotatable bonds is 3. The number of fused-ring (bicyclic) bond motifs is 1. The molecule has 0 unspecified atom stereocenters. The van der Waals surface area contributed by atoms with Gasteiger partial charge in [-0.25, -0.2) is 0 Å². The van der Waals surface area contributed by atoms with E-state index in [1.165, 1.54) is 0 Å². The number of halogens is 1. The smallest absolute Gasteiger partial charge is 0.244 e. The average Bonchev–Trinajstić information content (AvgIpc) is 2.72. The zero-order valence-electron chi connectivity index (χ0n) is 15.6. The fraction of sp³-hybridized carbons (Fsp3) is 0.333. The normalized spacial score (nSPS) is 21.0. The van der Waals surface area contributed by atoms with E-state index in [0.717, 1.165) is 11.3 Å². The second-order valence-electron chi connectivity index (χ2n) is 7.07. The number of amides is 2. The molecule has 6 nitrogen and oxygen atoms in total. The minimum absolute atomic E-state index is 0.0329. The number of ether oxygens (including phenoxy) is 1. The van der Waals surface area contributed by atoms with Crippen molar-refractivity contribution in [3.8, 4) is 0 Å². The summed E-state index contributed by atoms with van der Waals surface area (Å²) in [6, 6.07) is 14.6. The highest BCUT2D eigenvalue weighted by Crippen LogP contribution is 2.31. The van der Waals surface area contributed by atoms with Gasteiger partial charge in [0.1, 0.15) is 6.54 Å². The molecule has 2 aliphatic rings. The lowest BCUT2D eigenvalue weighted by molar-refractivity contribution is -0.128. The third-order valence-corrected chi connectivity index (χ3v) is 5.53. The third kappa shape index (κ3) is 3.76. The Labute approximate surface area is 169 Å². The molecule has 2 amide bonds. The van der Waals surface area contributed by atoms with Crippen molar-refractivity contribution >= 4 is 34.8 Å². The van der Waals surface area contributed by atoms with E-state index >= 15 is 0 Å². The predicted octanol–water partition coefficient (Wildman–Crippen LogP) is 3.09. The van der Waals surface area contributed by atoms with Crippen molar-refractivity contribution < 1.29 is 14.3 Å². The fourth-order valence-electron chi connectivity index (χ4n) is 3.71. The first-order valence-corrected chi connectivity index (χ1v) is 9.72. The van der Waals surface area contributed by atoms with Crippen molar-refractivity contribution in [2.75, 3.05) is 36.5 Å². The Morgan fingerprint density at radius 1 is 1.21 bits per heavy atom. The average molecular weight is 400 g/mol. The zero-order valence-corrected chi connectivity index (χ0v) is 16.4. The summed E-state index contributed by atoms with van der Waals surface area (Å²) in [5.41, 5.74) is 2.44. The van der Waals surface area contributed by atoms with Crippen LogP contribution >= 0.6 is 11.6 Å². The van der Waals surface area contributed by atoms with E-state index in [9.17, 15) is 9.59 Å². The summed E-state index contributed by atoms with van der Waals surface area (Å²) in [4.78, 5) is 29.0. The monoisotopic (exact) mass is 399 g/mol. The molecule has 0 aromatic heterocycles. The molecule has 7 heteroatoms. The van der Waals surface area contributed by atoms with Gasteiger partial charge in [0, 0.05) is 18.1 Å². The lowest BCUT2D eigenvalue weighted by Gasteiger charge is -2.39. The molecule has 146 valence electrons. The molecule has 2 heterocycles. The second kappa shape index (κ2) is 7.91. The summed E-state index contributed by atoms with van der Waals surface area (Å²) in [5.74, 6) is -0.265. The molecule has 1 saturated heterocycles. The molecule has 2 aromatic rings. The Morgan fingerprint density at radius 2 is 1.96 bits per heavy atom. The fourth-order valence-corrected chi connectivity index (χ4v) is 3.84. The van der Waals surface area contributed by atoms with Crippen molar-refractivity contribution in [3.05, 3.63) is 59.1 Å². The molecule has 2 aliphatic heterocycles. The van der Waals surface area contributed by atoms with E-state index in [2.05, 4.69) is 10.2 Å². The molecular weight excluding hydrogens is 378 g/mol. The minimum atomic E-state index is -0.363. The van der Waals surface area contributed by atoms with E-state index in [1.54, 1.807) is 4.90 Å². The van der Waals surface area contributed by atoms with Gasteiger partial charge in [-0.1, -0.05) is 35.9 Å². The van der Waals surface area contributed by atoms with Crippen LogP contribution in [0.25, 0.3) is 0 Å². The first-order valence-electron chi connectivity index (χ1n) is 9.34. The molecule has 2 aromatic carbocycles. The van der Waals surface area contributed by atoms with Gasteiger partial charge in [-0.05, 0) is 36.8 Å². The van der Waals surface area contributed by atoms with Gasteiger partial charge < -0.3 is 10.1 Å². The molecule has 1 fully saturated rings. The maximum Gasteiger partial charge on any atom is 0.244 e. The summed E-state index contributed by atoms with van der Waals surface area (Å²) in [6.07, 6.45) is -0.113. The Bertz CT molecular complexity index is 887. The highest BCUT2D eigenvalue weighted by atomic mass is 35.5. The number of morpholine rings is 1. The van der Waals surface area contributed by atoms with Crippen molar-refractivity contribution in [1.29, 1.82) is 0 Å².